The highest BCUT2D eigenvalue weighted by atomic mass is 32.1. The lowest BCUT2D eigenvalue weighted by molar-refractivity contribution is 0.274. The van der Waals surface area contributed by atoms with Gasteiger partial charge in [0, 0.05) is 23.1 Å². The van der Waals surface area contributed by atoms with E-state index in [-0.39, 0.29) is 12.6 Å². The van der Waals surface area contributed by atoms with Crippen molar-refractivity contribution in [2.75, 3.05) is 11.9 Å². The molecule has 6 heteroatoms. The molecule has 0 saturated carbocycles. The lowest BCUT2D eigenvalue weighted by Crippen LogP contribution is -2.16. The van der Waals surface area contributed by atoms with E-state index in [4.69, 9.17) is 0 Å². The van der Waals surface area contributed by atoms with Crippen molar-refractivity contribution in [3.63, 3.8) is 0 Å². The Balaban J connectivity index is 2.19. The van der Waals surface area contributed by atoms with Crippen molar-refractivity contribution in [3.05, 3.63) is 33.7 Å². The molecular formula is C14H20N4OS. The van der Waals surface area contributed by atoms with Gasteiger partial charge in [-0.3, -0.25) is 0 Å². The number of nitrogens with zero attached hydrogens (tertiary/aromatic N) is 3. The highest BCUT2D eigenvalue weighted by molar-refractivity contribution is 7.09. The Hall–Kier alpha value is -1.53. The third-order valence-corrected chi connectivity index (χ3v) is 4.02. The van der Waals surface area contributed by atoms with E-state index in [1.807, 2.05) is 25.3 Å². The van der Waals surface area contributed by atoms with Gasteiger partial charge < -0.3 is 10.4 Å². The highest BCUT2D eigenvalue weighted by Crippen LogP contribution is 2.24. The molecule has 0 bridgehead atoms. The van der Waals surface area contributed by atoms with E-state index in [1.54, 1.807) is 11.3 Å². The smallest absolute Gasteiger partial charge is 0.130 e. The Morgan fingerprint density at radius 2 is 2.00 bits per heavy atom. The van der Waals surface area contributed by atoms with E-state index in [9.17, 15) is 5.11 Å². The average Bonchev–Trinajstić information content (AvgIpc) is 2.84. The van der Waals surface area contributed by atoms with Crippen LogP contribution in [0.4, 0.5) is 5.82 Å². The van der Waals surface area contributed by atoms with Gasteiger partial charge in [0.25, 0.3) is 0 Å². The summed E-state index contributed by atoms with van der Waals surface area (Å²) in [5.74, 6) is 1.83. The summed E-state index contributed by atoms with van der Waals surface area (Å²) in [7, 11) is 0. The van der Waals surface area contributed by atoms with Gasteiger partial charge in [0.05, 0.1) is 23.4 Å². The quantitative estimate of drug-likeness (QED) is 0.886. The zero-order valence-electron chi connectivity index (χ0n) is 12.2. The zero-order valence-corrected chi connectivity index (χ0v) is 13.0. The number of anilines is 1. The maximum atomic E-state index is 9.59. The molecule has 5 nitrogen and oxygen atoms in total. The van der Waals surface area contributed by atoms with E-state index in [2.05, 4.69) is 34.1 Å². The van der Waals surface area contributed by atoms with Crippen LogP contribution in [0.5, 0.6) is 0 Å². The molecule has 2 N–H and O–H groups in total. The summed E-state index contributed by atoms with van der Waals surface area (Å²) in [6, 6.07) is 1.62. The second-order valence-electron chi connectivity index (χ2n) is 5.09. The first-order valence-electron chi connectivity index (χ1n) is 6.64. The molecule has 2 rings (SSSR count). The van der Waals surface area contributed by atoms with Crippen LogP contribution in [0, 0.1) is 13.8 Å². The SMILES string of the molecule is Cc1cc(NC(CO)c2csc(C(C)C)n2)nc(C)n1. The van der Waals surface area contributed by atoms with Crippen LogP contribution in [-0.2, 0) is 0 Å². The van der Waals surface area contributed by atoms with Gasteiger partial charge in [-0.15, -0.1) is 11.3 Å². The molecule has 0 saturated heterocycles. The first-order valence-corrected chi connectivity index (χ1v) is 7.52. The van der Waals surface area contributed by atoms with Gasteiger partial charge >= 0.3 is 0 Å². The standard InChI is InChI=1S/C14H20N4OS/c1-8(2)14-18-12(7-20-14)11(6-19)17-13-5-9(3)15-10(4)16-13/h5,7-8,11,19H,6H2,1-4H3,(H,15,16,17). The number of aryl methyl sites for hydroxylation is 2. The fourth-order valence-corrected chi connectivity index (χ4v) is 2.80. The predicted octanol–water partition coefficient (Wildman–Crippen LogP) is 2.82. The molecule has 2 aromatic heterocycles. The van der Waals surface area contributed by atoms with E-state index in [0.717, 1.165) is 16.4 Å². The second-order valence-corrected chi connectivity index (χ2v) is 5.98. The van der Waals surface area contributed by atoms with E-state index < -0.39 is 0 Å². The molecule has 2 heterocycles. The van der Waals surface area contributed by atoms with Crippen molar-refractivity contribution in [1.29, 1.82) is 0 Å². The molecule has 2 aromatic rings. The summed E-state index contributed by atoms with van der Waals surface area (Å²) < 4.78 is 0. The van der Waals surface area contributed by atoms with Gasteiger partial charge in [0.1, 0.15) is 11.6 Å². The van der Waals surface area contributed by atoms with Crippen molar-refractivity contribution in [3.8, 4) is 0 Å². The molecule has 0 aromatic carbocycles. The van der Waals surface area contributed by atoms with Crippen LogP contribution in [0.15, 0.2) is 11.4 Å². The summed E-state index contributed by atoms with van der Waals surface area (Å²) in [5.41, 5.74) is 1.76. The molecule has 0 amide bonds. The topological polar surface area (TPSA) is 70.9 Å². The lowest BCUT2D eigenvalue weighted by atomic mass is 10.2. The minimum atomic E-state index is -0.243. The van der Waals surface area contributed by atoms with Crippen LogP contribution in [0.25, 0.3) is 0 Å². The van der Waals surface area contributed by atoms with Crippen LogP contribution in [0.3, 0.4) is 0 Å². The van der Waals surface area contributed by atoms with Crippen molar-refractivity contribution in [1.82, 2.24) is 15.0 Å². The van der Waals surface area contributed by atoms with E-state index >= 15 is 0 Å². The Bertz CT molecular complexity index is 562. The van der Waals surface area contributed by atoms with Crippen molar-refractivity contribution in [2.45, 2.75) is 39.7 Å². The first-order chi connectivity index (χ1) is 9.49. The fourth-order valence-electron chi connectivity index (χ4n) is 1.91. The van der Waals surface area contributed by atoms with Gasteiger partial charge in [-0.25, -0.2) is 15.0 Å². The van der Waals surface area contributed by atoms with Crippen molar-refractivity contribution in [2.24, 2.45) is 0 Å². The molecule has 0 radical (unpaired) electrons. The maximum Gasteiger partial charge on any atom is 0.130 e. The van der Waals surface area contributed by atoms with E-state index in [1.165, 1.54) is 0 Å². The summed E-state index contributed by atoms with van der Waals surface area (Å²) in [4.78, 5) is 13.1. The average molecular weight is 292 g/mol. The second kappa shape index (κ2) is 6.28. The molecule has 0 aliphatic heterocycles. The molecule has 1 unspecified atom stereocenters. The van der Waals surface area contributed by atoms with Crippen LogP contribution < -0.4 is 5.32 Å². The predicted molar refractivity (Wildman–Crippen MR) is 81.2 cm³/mol. The Morgan fingerprint density at radius 3 is 2.55 bits per heavy atom. The lowest BCUT2D eigenvalue weighted by Gasteiger charge is -2.15. The number of aliphatic hydroxyl groups is 1. The van der Waals surface area contributed by atoms with Gasteiger partial charge in [0.15, 0.2) is 0 Å². The zero-order chi connectivity index (χ0) is 14.7. The number of thiazole rings is 1. The normalized spacial score (nSPS) is 12.7. The summed E-state index contributed by atoms with van der Waals surface area (Å²) >= 11 is 1.62. The van der Waals surface area contributed by atoms with Gasteiger partial charge in [0.2, 0.25) is 0 Å². The highest BCUT2D eigenvalue weighted by Gasteiger charge is 2.16. The van der Waals surface area contributed by atoms with Crippen LogP contribution in [0.2, 0.25) is 0 Å². The summed E-state index contributed by atoms with van der Waals surface area (Å²) in [6.45, 7) is 7.98. The first kappa shape index (κ1) is 14.9. The molecule has 0 spiro atoms. The van der Waals surface area contributed by atoms with Gasteiger partial charge in [-0.1, -0.05) is 13.8 Å². The number of aromatic nitrogens is 3. The summed E-state index contributed by atoms with van der Waals surface area (Å²) in [6.07, 6.45) is 0. The van der Waals surface area contributed by atoms with Crippen molar-refractivity contribution < 1.29 is 5.11 Å². The number of rotatable bonds is 5. The number of nitrogens with one attached hydrogen (secondary N) is 1. The molecule has 108 valence electrons. The monoisotopic (exact) mass is 292 g/mol. The Morgan fingerprint density at radius 1 is 1.25 bits per heavy atom. The maximum absolute atomic E-state index is 9.59. The minimum absolute atomic E-state index is 0.0244. The number of hydrogen-bond acceptors (Lipinski definition) is 6. The Labute approximate surface area is 123 Å². The van der Waals surface area contributed by atoms with Crippen molar-refractivity contribution >= 4 is 17.2 Å². The van der Waals surface area contributed by atoms with Crippen LogP contribution in [-0.4, -0.2) is 26.7 Å². The van der Waals surface area contributed by atoms with Crippen LogP contribution >= 0.6 is 11.3 Å². The van der Waals surface area contributed by atoms with Gasteiger partial charge in [-0.2, -0.15) is 0 Å². The van der Waals surface area contributed by atoms with Gasteiger partial charge in [-0.05, 0) is 13.8 Å². The molecular weight excluding hydrogens is 272 g/mol. The molecule has 0 fully saturated rings. The third-order valence-electron chi connectivity index (χ3n) is 2.86. The Kier molecular flexibility index (Phi) is 4.67. The molecule has 0 aliphatic carbocycles. The largest absolute Gasteiger partial charge is 0.394 e. The number of hydrogen-bond donors (Lipinski definition) is 2. The summed E-state index contributed by atoms with van der Waals surface area (Å²) in [5, 5.41) is 15.9. The number of aliphatic hydroxyl groups excluding tert-OH is 1. The third kappa shape index (κ3) is 3.52. The minimum Gasteiger partial charge on any atom is -0.394 e. The fraction of sp³-hybridized carbons (Fsp3) is 0.500. The van der Waals surface area contributed by atoms with Crippen LogP contribution in [0.1, 0.15) is 48.0 Å². The molecule has 20 heavy (non-hydrogen) atoms. The molecule has 0 aliphatic rings. The molecule has 1 atom stereocenters. The van der Waals surface area contributed by atoms with E-state index in [0.29, 0.717) is 17.6 Å².